The summed E-state index contributed by atoms with van der Waals surface area (Å²) in [6, 6.07) is 12.3. The van der Waals surface area contributed by atoms with Crippen molar-refractivity contribution in [2.45, 2.75) is 51.2 Å². The first-order valence-electron chi connectivity index (χ1n) is 13.0. The van der Waals surface area contributed by atoms with Crippen LogP contribution >= 0.6 is 11.6 Å². The number of carboxylic acid groups (broad SMARTS) is 1. The van der Waals surface area contributed by atoms with Gasteiger partial charge in [0, 0.05) is 31.3 Å². The number of halogens is 2. The van der Waals surface area contributed by atoms with Crippen LogP contribution in [0, 0.1) is 11.7 Å². The molecule has 0 bridgehead atoms. The van der Waals surface area contributed by atoms with Crippen LogP contribution in [0.5, 0.6) is 23.3 Å². The lowest BCUT2D eigenvalue weighted by molar-refractivity contribution is -0.138. The fraction of sp³-hybridized carbons (Fsp3) is 0.414. The van der Waals surface area contributed by atoms with E-state index in [-0.39, 0.29) is 36.4 Å². The van der Waals surface area contributed by atoms with E-state index in [1.54, 1.807) is 12.1 Å². The fourth-order valence-corrected chi connectivity index (χ4v) is 5.37. The minimum Gasteiger partial charge on any atom is -0.494 e. The molecule has 1 aromatic heterocycles. The highest BCUT2D eigenvalue weighted by molar-refractivity contribution is 6.30. The van der Waals surface area contributed by atoms with Crippen LogP contribution in [-0.2, 0) is 17.9 Å². The smallest absolute Gasteiger partial charge is 0.305 e. The van der Waals surface area contributed by atoms with Crippen molar-refractivity contribution in [2.24, 2.45) is 5.92 Å². The predicted molar refractivity (Wildman–Crippen MR) is 145 cm³/mol. The van der Waals surface area contributed by atoms with E-state index < -0.39 is 17.8 Å². The lowest BCUT2D eigenvalue weighted by atomic mass is 9.98. The van der Waals surface area contributed by atoms with Gasteiger partial charge >= 0.3 is 5.97 Å². The summed E-state index contributed by atoms with van der Waals surface area (Å²) in [5, 5.41) is 29.4. The van der Waals surface area contributed by atoms with E-state index in [9.17, 15) is 24.5 Å². The number of aliphatic carboxylic acids is 1. The first-order chi connectivity index (χ1) is 18.7. The number of rotatable bonds is 13. The maximum atomic E-state index is 14.4. The van der Waals surface area contributed by atoms with Crippen molar-refractivity contribution >= 4 is 17.6 Å². The van der Waals surface area contributed by atoms with Crippen LogP contribution in [0.1, 0.15) is 49.3 Å². The molecule has 1 unspecified atom stereocenters. The number of hydrogen-bond donors (Lipinski definition) is 3. The Morgan fingerprint density at radius 2 is 1.82 bits per heavy atom. The maximum absolute atomic E-state index is 14.4. The van der Waals surface area contributed by atoms with Crippen LogP contribution in [0.4, 0.5) is 4.39 Å². The van der Waals surface area contributed by atoms with E-state index in [0.717, 1.165) is 31.2 Å². The van der Waals surface area contributed by atoms with Crippen molar-refractivity contribution < 1.29 is 34.0 Å². The summed E-state index contributed by atoms with van der Waals surface area (Å²) in [4.78, 5) is 14.0. The van der Waals surface area contributed by atoms with Gasteiger partial charge < -0.3 is 24.8 Å². The van der Waals surface area contributed by atoms with Gasteiger partial charge in [-0.25, -0.2) is 4.39 Å². The van der Waals surface area contributed by atoms with Crippen LogP contribution < -0.4 is 9.47 Å². The minimum absolute atomic E-state index is 0.00214. The highest BCUT2D eigenvalue weighted by Crippen LogP contribution is 2.35. The Morgan fingerprint density at radius 3 is 2.46 bits per heavy atom. The van der Waals surface area contributed by atoms with Crippen molar-refractivity contribution in [3.8, 4) is 23.3 Å². The number of benzene rings is 2. The average molecular weight is 561 g/mol. The molecule has 3 aromatic rings. The monoisotopic (exact) mass is 560 g/mol. The highest BCUT2D eigenvalue weighted by atomic mass is 35.5. The molecule has 1 fully saturated rings. The van der Waals surface area contributed by atoms with Crippen LogP contribution in [0.3, 0.4) is 0 Å². The number of aromatic hydroxyl groups is 2. The van der Waals surface area contributed by atoms with Crippen LogP contribution in [-0.4, -0.2) is 51.0 Å². The zero-order valence-corrected chi connectivity index (χ0v) is 22.6. The molecule has 1 saturated carbocycles. The van der Waals surface area contributed by atoms with Crippen LogP contribution in [0.25, 0.3) is 0 Å². The summed E-state index contributed by atoms with van der Waals surface area (Å²) in [6.45, 7) is 1.54. The number of aromatic nitrogens is 1. The molecule has 0 spiro atoms. The summed E-state index contributed by atoms with van der Waals surface area (Å²) in [7, 11) is 1.54. The summed E-state index contributed by atoms with van der Waals surface area (Å²) in [5.74, 6) is -0.222. The van der Waals surface area contributed by atoms with Gasteiger partial charge in [-0.1, -0.05) is 36.6 Å². The Bertz CT molecular complexity index is 1260. The molecule has 0 amide bonds. The van der Waals surface area contributed by atoms with Gasteiger partial charge in [-0.3, -0.25) is 14.3 Å². The van der Waals surface area contributed by atoms with Gasteiger partial charge in [0.2, 0.25) is 0 Å². The molecule has 39 heavy (non-hydrogen) atoms. The lowest BCUT2D eigenvalue weighted by Gasteiger charge is -2.33. The molecule has 2 aromatic carbocycles. The van der Waals surface area contributed by atoms with Gasteiger partial charge in [0.1, 0.15) is 12.4 Å². The quantitative estimate of drug-likeness (QED) is 0.236. The molecule has 10 heteroatoms. The molecule has 1 aliphatic rings. The third kappa shape index (κ3) is 7.36. The second-order valence-electron chi connectivity index (χ2n) is 9.90. The van der Waals surface area contributed by atoms with E-state index in [4.69, 9.17) is 21.1 Å². The minimum atomic E-state index is -0.965. The first-order valence-corrected chi connectivity index (χ1v) is 13.4. The van der Waals surface area contributed by atoms with Crippen LogP contribution in [0.15, 0.2) is 48.5 Å². The average Bonchev–Trinajstić information content (AvgIpc) is 3.54. The standard InChI is InChI=1S/C29H34ClFN2O6/c1-38-26-14-20(6-9-25(26)39-13-12-33-27(34)10-11-28(33)35)18-32(17-19-4-2-3-5-19)24(16-29(36)37)21-7-8-22(30)23(31)15-21/h6-11,14-15,19,24,34-35H,2-5,12-13,16-18H2,1H3,(H,36,37). The Kier molecular flexibility index (Phi) is 9.59. The summed E-state index contributed by atoms with van der Waals surface area (Å²) in [6.07, 6.45) is 4.28. The number of carbonyl (C=O) groups is 1. The molecule has 3 N–H and O–H groups in total. The molecule has 1 aliphatic carbocycles. The third-order valence-electron chi connectivity index (χ3n) is 7.23. The molecular formula is C29H34ClFN2O6. The Morgan fingerprint density at radius 1 is 1.10 bits per heavy atom. The van der Waals surface area contributed by atoms with Crippen molar-refractivity contribution in [1.82, 2.24) is 9.47 Å². The molecule has 1 atom stereocenters. The van der Waals surface area contributed by atoms with E-state index in [1.807, 2.05) is 12.1 Å². The zero-order chi connectivity index (χ0) is 27.9. The van der Waals surface area contributed by atoms with Gasteiger partial charge in [-0.05, 0) is 54.2 Å². The highest BCUT2D eigenvalue weighted by Gasteiger charge is 2.28. The van der Waals surface area contributed by atoms with Crippen LogP contribution in [0.2, 0.25) is 5.02 Å². The molecule has 0 radical (unpaired) electrons. The number of ether oxygens (including phenoxy) is 2. The lowest BCUT2D eigenvalue weighted by Crippen LogP contribution is -2.34. The van der Waals surface area contributed by atoms with Crippen molar-refractivity contribution in [3.05, 3.63) is 70.5 Å². The molecule has 210 valence electrons. The number of nitrogens with zero attached hydrogens (tertiary/aromatic N) is 2. The second kappa shape index (κ2) is 13.1. The SMILES string of the molecule is COc1cc(CN(CC2CCCC2)C(CC(=O)O)c2ccc(Cl)c(F)c2)ccc1OCCn1c(O)ccc1O. The summed E-state index contributed by atoms with van der Waals surface area (Å²) >= 11 is 5.91. The van der Waals surface area contributed by atoms with E-state index in [1.165, 1.54) is 35.9 Å². The predicted octanol–water partition coefficient (Wildman–Crippen LogP) is 5.99. The van der Waals surface area contributed by atoms with E-state index in [0.29, 0.717) is 36.1 Å². The largest absolute Gasteiger partial charge is 0.494 e. The summed E-state index contributed by atoms with van der Waals surface area (Å²) < 4.78 is 27.1. The molecule has 0 saturated heterocycles. The Labute approximate surface area is 232 Å². The Balaban J connectivity index is 1.55. The number of carboxylic acids is 1. The molecule has 1 heterocycles. The molecule has 0 aliphatic heterocycles. The van der Waals surface area contributed by atoms with Crippen molar-refractivity contribution in [3.63, 3.8) is 0 Å². The van der Waals surface area contributed by atoms with E-state index >= 15 is 0 Å². The molecule has 4 rings (SSSR count). The normalized spacial score (nSPS) is 14.6. The van der Waals surface area contributed by atoms with Crippen molar-refractivity contribution in [1.29, 1.82) is 0 Å². The maximum Gasteiger partial charge on any atom is 0.305 e. The molecule has 8 nitrogen and oxygen atoms in total. The van der Waals surface area contributed by atoms with Gasteiger partial charge in [0.15, 0.2) is 23.3 Å². The van der Waals surface area contributed by atoms with Crippen molar-refractivity contribution in [2.75, 3.05) is 20.3 Å². The van der Waals surface area contributed by atoms with Gasteiger partial charge in [0.05, 0.1) is 25.1 Å². The fourth-order valence-electron chi connectivity index (χ4n) is 5.26. The Hall–Kier alpha value is -3.43. The first kappa shape index (κ1) is 28.6. The number of methoxy groups -OCH3 is 1. The van der Waals surface area contributed by atoms with Gasteiger partial charge in [0.25, 0.3) is 0 Å². The topological polar surface area (TPSA) is 104 Å². The zero-order valence-electron chi connectivity index (χ0n) is 21.9. The van der Waals surface area contributed by atoms with E-state index in [2.05, 4.69) is 4.90 Å². The third-order valence-corrected chi connectivity index (χ3v) is 7.53. The van der Waals surface area contributed by atoms with Gasteiger partial charge in [-0.2, -0.15) is 0 Å². The molecular weight excluding hydrogens is 527 g/mol. The van der Waals surface area contributed by atoms with Gasteiger partial charge in [-0.15, -0.1) is 0 Å². The number of hydrogen-bond acceptors (Lipinski definition) is 6. The second-order valence-corrected chi connectivity index (χ2v) is 10.3. The summed E-state index contributed by atoms with van der Waals surface area (Å²) in [5.41, 5.74) is 1.46.